The summed E-state index contributed by atoms with van der Waals surface area (Å²) in [4.78, 5) is 53.0. The Bertz CT molecular complexity index is 807. The number of likely N-dealkylation sites (N-methyl/N-ethyl adjacent to an activating group) is 2. The van der Waals surface area contributed by atoms with E-state index in [0.717, 1.165) is 5.56 Å². The molecule has 2 atom stereocenters. The van der Waals surface area contributed by atoms with Gasteiger partial charge in [0.25, 0.3) is 23.6 Å². The average molecular weight is 432 g/mol. The predicted molar refractivity (Wildman–Crippen MR) is 111 cm³/mol. The molecule has 2 N–H and O–H groups in total. The molecule has 10 nitrogen and oxygen atoms in total. The van der Waals surface area contributed by atoms with E-state index in [-0.39, 0.29) is 49.9 Å². The average Bonchev–Trinajstić information content (AvgIpc) is 2.81. The smallest absolute Gasteiger partial charge is 0.254 e. The van der Waals surface area contributed by atoms with Crippen LogP contribution in [0.1, 0.15) is 26.3 Å². The molecule has 10 heteroatoms. The third-order valence-corrected chi connectivity index (χ3v) is 5.36. The van der Waals surface area contributed by atoms with Crippen LogP contribution in [0.5, 0.6) is 0 Å². The summed E-state index contributed by atoms with van der Waals surface area (Å²) in [6, 6.07) is 5.00. The molecule has 2 heterocycles. The molecular formula is C21H28N4O6. The van der Waals surface area contributed by atoms with Crippen molar-refractivity contribution in [3.05, 3.63) is 34.9 Å². The van der Waals surface area contributed by atoms with Crippen LogP contribution in [-0.4, -0.2) is 99.1 Å². The SMILES string of the molecule is CNC(=O)C1CN(C(=O)c2cc(C)cc(C(=O)N3CCOC(C(=O)NC)C3)c2)CCO1. The Kier molecular flexibility index (Phi) is 7.24. The molecule has 0 aliphatic carbocycles. The third-order valence-electron chi connectivity index (χ3n) is 5.36. The van der Waals surface area contributed by atoms with Crippen molar-refractivity contribution >= 4 is 23.6 Å². The summed E-state index contributed by atoms with van der Waals surface area (Å²) in [5.74, 6) is -1.09. The summed E-state index contributed by atoms with van der Waals surface area (Å²) in [6.07, 6.45) is -1.44. The number of carbonyl (C=O) groups is 4. The van der Waals surface area contributed by atoms with Crippen molar-refractivity contribution < 1.29 is 28.7 Å². The molecule has 31 heavy (non-hydrogen) atoms. The Morgan fingerprint density at radius 1 is 0.806 bits per heavy atom. The van der Waals surface area contributed by atoms with Gasteiger partial charge in [-0.05, 0) is 30.7 Å². The molecule has 168 valence electrons. The molecule has 2 fully saturated rings. The van der Waals surface area contributed by atoms with Gasteiger partial charge in [-0.3, -0.25) is 19.2 Å². The maximum atomic E-state index is 13.1. The first kappa shape index (κ1) is 22.7. The topological polar surface area (TPSA) is 117 Å². The number of aryl methyl sites for hydroxylation is 1. The first-order valence-electron chi connectivity index (χ1n) is 10.2. The molecule has 0 radical (unpaired) electrons. The fraction of sp³-hybridized carbons (Fsp3) is 0.524. The zero-order valence-electron chi connectivity index (χ0n) is 18.0. The van der Waals surface area contributed by atoms with Crippen LogP contribution >= 0.6 is 0 Å². The third kappa shape index (κ3) is 5.20. The Balaban J connectivity index is 1.76. The zero-order valence-corrected chi connectivity index (χ0v) is 18.0. The number of nitrogens with zero attached hydrogens (tertiary/aromatic N) is 2. The Hall–Kier alpha value is -2.98. The second-order valence-corrected chi connectivity index (χ2v) is 7.54. The van der Waals surface area contributed by atoms with Crippen molar-refractivity contribution in [2.24, 2.45) is 0 Å². The molecule has 1 aromatic rings. The van der Waals surface area contributed by atoms with Gasteiger partial charge in [0.1, 0.15) is 0 Å². The molecule has 2 aliphatic rings. The van der Waals surface area contributed by atoms with E-state index in [1.165, 1.54) is 14.1 Å². The van der Waals surface area contributed by atoms with Crippen LogP contribution in [0.4, 0.5) is 0 Å². The van der Waals surface area contributed by atoms with Crippen LogP contribution in [0.3, 0.4) is 0 Å². The normalized spacial score (nSPS) is 21.4. The van der Waals surface area contributed by atoms with Gasteiger partial charge < -0.3 is 29.9 Å². The van der Waals surface area contributed by atoms with E-state index in [1.807, 2.05) is 6.92 Å². The number of nitrogens with one attached hydrogen (secondary N) is 2. The Morgan fingerprint density at radius 3 is 1.61 bits per heavy atom. The van der Waals surface area contributed by atoms with Gasteiger partial charge in [-0.15, -0.1) is 0 Å². The summed E-state index contributed by atoms with van der Waals surface area (Å²) < 4.78 is 10.9. The number of hydrogen-bond donors (Lipinski definition) is 2. The number of morpholine rings is 2. The summed E-state index contributed by atoms with van der Waals surface area (Å²) in [5.41, 5.74) is 1.51. The van der Waals surface area contributed by atoms with E-state index in [2.05, 4.69) is 10.6 Å². The highest BCUT2D eigenvalue weighted by molar-refractivity contribution is 6.00. The summed E-state index contributed by atoms with van der Waals surface area (Å²) in [5, 5.41) is 5.06. The molecule has 4 amide bonds. The molecule has 0 spiro atoms. The molecular weight excluding hydrogens is 404 g/mol. The Labute approximate surface area is 180 Å². The van der Waals surface area contributed by atoms with Crippen molar-refractivity contribution in [1.29, 1.82) is 0 Å². The molecule has 1 aromatic carbocycles. The molecule has 0 saturated carbocycles. The minimum atomic E-state index is -0.719. The van der Waals surface area contributed by atoms with Crippen molar-refractivity contribution in [2.45, 2.75) is 19.1 Å². The van der Waals surface area contributed by atoms with E-state index in [9.17, 15) is 19.2 Å². The lowest BCUT2D eigenvalue weighted by atomic mass is 10.0. The van der Waals surface area contributed by atoms with Gasteiger partial charge in [0.05, 0.1) is 26.3 Å². The predicted octanol–water partition coefficient (Wildman–Crippen LogP) is -0.831. The number of amides is 4. The van der Waals surface area contributed by atoms with Crippen LogP contribution in [0.25, 0.3) is 0 Å². The molecule has 0 aromatic heterocycles. The number of hydrogen-bond acceptors (Lipinski definition) is 6. The molecule has 2 saturated heterocycles. The fourth-order valence-electron chi connectivity index (χ4n) is 3.70. The quantitative estimate of drug-likeness (QED) is 0.641. The van der Waals surface area contributed by atoms with Gasteiger partial charge in [0.2, 0.25) is 0 Å². The van der Waals surface area contributed by atoms with Crippen molar-refractivity contribution in [2.75, 3.05) is 53.5 Å². The maximum Gasteiger partial charge on any atom is 0.254 e. The van der Waals surface area contributed by atoms with Crippen LogP contribution < -0.4 is 10.6 Å². The lowest BCUT2D eigenvalue weighted by Crippen LogP contribution is -2.51. The van der Waals surface area contributed by atoms with Crippen LogP contribution in [0.2, 0.25) is 0 Å². The van der Waals surface area contributed by atoms with Crippen molar-refractivity contribution in [3.8, 4) is 0 Å². The molecule has 2 aliphatic heterocycles. The van der Waals surface area contributed by atoms with Gasteiger partial charge in [-0.25, -0.2) is 0 Å². The minimum Gasteiger partial charge on any atom is -0.365 e. The second kappa shape index (κ2) is 9.88. The molecule has 3 rings (SSSR count). The van der Waals surface area contributed by atoms with Gasteiger partial charge in [0.15, 0.2) is 12.2 Å². The first-order chi connectivity index (χ1) is 14.8. The van der Waals surface area contributed by atoms with Crippen LogP contribution in [0.15, 0.2) is 18.2 Å². The Morgan fingerprint density at radius 2 is 1.23 bits per heavy atom. The van der Waals surface area contributed by atoms with Crippen LogP contribution in [0, 0.1) is 6.92 Å². The summed E-state index contributed by atoms with van der Waals surface area (Å²) >= 11 is 0. The summed E-state index contributed by atoms with van der Waals surface area (Å²) in [6.45, 7) is 3.35. The van der Waals surface area contributed by atoms with Gasteiger partial charge in [-0.1, -0.05) is 0 Å². The highest BCUT2D eigenvalue weighted by atomic mass is 16.5. The number of rotatable bonds is 4. The van der Waals surface area contributed by atoms with Crippen molar-refractivity contribution in [3.63, 3.8) is 0 Å². The lowest BCUT2D eigenvalue weighted by Gasteiger charge is -2.33. The number of ether oxygens (including phenoxy) is 2. The molecule has 2 unspecified atom stereocenters. The summed E-state index contributed by atoms with van der Waals surface area (Å²) in [7, 11) is 3.04. The van der Waals surface area contributed by atoms with Crippen LogP contribution in [-0.2, 0) is 19.1 Å². The number of carbonyl (C=O) groups excluding carboxylic acids is 4. The highest BCUT2D eigenvalue weighted by Crippen LogP contribution is 2.18. The van der Waals surface area contributed by atoms with E-state index < -0.39 is 12.2 Å². The standard InChI is InChI=1S/C21H28N4O6/c1-13-8-14(20(28)24-4-6-30-16(11-24)18(26)22-2)10-15(9-13)21(29)25-5-7-31-17(12-25)19(27)23-3/h8-10,16-17H,4-7,11-12H2,1-3H3,(H,22,26)(H,23,27). The number of benzene rings is 1. The van der Waals surface area contributed by atoms with Gasteiger partial charge in [-0.2, -0.15) is 0 Å². The van der Waals surface area contributed by atoms with E-state index in [0.29, 0.717) is 24.2 Å². The fourth-order valence-corrected chi connectivity index (χ4v) is 3.70. The second-order valence-electron chi connectivity index (χ2n) is 7.54. The lowest BCUT2D eigenvalue weighted by molar-refractivity contribution is -0.137. The first-order valence-corrected chi connectivity index (χ1v) is 10.2. The van der Waals surface area contributed by atoms with E-state index in [1.54, 1.807) is 28.0 Å². The zero-order chi connectivity index (χ0) is 22.5. The largest absolute Gasteiger partial charge is 0.365 e. The van der Waals surface area contributed by atoms with E-state index >= 15 is 0 Å². The molecule has 0 bridgehead atoms. The maximum absolute atomic E-state index is 13.1. The van der Waals surface area contributed by atoms with Crippen molar-refractivity contribution in [1.82, 2.24) is 20.4 Å². The van der Waals surface area contributed by atoms with Gasteiger partial charge >= 0.3 is 0 Å². The monoisotopic (exact) mass is 432 g/mol. The van der Waals surface area contributed by atoms with Gasteiger partial charge in [0, 0.05) is 38.3 Å². The minimum absolute atomic E-state index is 0.146. The van der Waals surface area contributed by atoms with E-state index in [4.69, 9.17) is 9.47 Å². The highest BCUT2D eigenvalue weighted by Gasteiger charge is 2.31.